The predicted octanol–water partition coefficient (Wildman–Crippen LogP) is 2.02. The summed E-state index contributed by atoms with van der Waals surface area (Å²) in [4.78, 5) is 27.6. The van der Waals surface area contributed by atoms with Gasteiger partial charge in [-0.25, -0.2) is 4.98 Å². The molecule has 8 heteroatoms. The van der Waals surface area contributed by atoms with Crippen molar-refractivity contribution in [1.29, 1.82) is 0 Å². The first kappa shape index (κ1) is 15.5. The Morgan fingerprint density at radius 3 is 2.79 bits per heavy atom. The fourth-order valence-corrected chi connectivity index (χ4v) is 2.20. The summed E-state index contributed by atoms with van der Waals surface area (Å²) in [5.74, 6) is -0.345. The van der Waals surface area contributed by atoms with Gasteiger partial charge in [-0.1, -0.05) is 0 Å². The lowest BCUT2D eigenvalue weighted by atomic mass is 10.2. The quantitative estimate of drug-likeness (QED) is 0.683. The molecule has 0 saturated heterocycles. The van der Waals surface area contributed by atoms with Gasteiger partial charge in [0.05, 0.1) is 11.4 Å². The Morgan fingerprint density at radius 1 is 1.25 bits per heavy atom. The van der Waals surface area contributed by atoms with Gasteiger partial charge in [-0.3, -0.25) is 14.7 Å². The van der Waals surface area contributed by atoms with Crippen LogP contribution < -0.4 is 10.6 Å². The zero-order valence-corrected chi connectivity index (χ0v) is 13.2. The third kappa shape index (κ3) is 3.32. The van der Waals surface area contributed by atoms with Crippen LogP contribution in [-0.4, -0.2) is 31.6 Å². The molecule has 122 valence electrons. The molecule has 0 atom stereocenters. The van der Waals surface area contributed by atoms with Crippen LogP contribution in [0.25, 0.3) is 11.3 Å². The number of nitrogens with one attached hydrogen (secondary N) is 3. The molecular formula is C16H16N6O2. The number of carbonyl (C=O) groups excluding carboxylic acids is 2. The van der Waals surface area contributed by atoms with Crippen LogP contribution in [0.5, 0.6) is 0 Å². The molecule has 3 aromatic heterocycles. The van der Waals surface area contributed by atoms with Gasteiger partial charge in [-0.15, -0.1) is 0 Å². The molecule has 0 aliphatic heterocycles. The van der Waals surface area contributed by atoms with Gasteiger partial charge < -0.3 is 15.2 Å². The van der Waals surface area contributed by atoms with Crippen molar-refractivity contribution in [2.24, 2.45) is 7.05 Å². The molecule has 0 bridgehead atoms. The molecule has 3 heterocycles. The average molecular weight is 324 g/mol. The highest BCUT2D eigenvalue weighted by Gasteiger charge is 2.14. The maximum absolute atomic E-state index is 12.4. The molecule has 0 aliphatic rings. The molecule has 3 rings (SSSR count). The van der Waals surface area contributed by atoms with Crippen molar-refractivity contribution in [3.05, 3.63) is 48.5 Å². The molecule has 0 saturated carbocycles. The van der Waals surface area contributed by atoms with E-state index in [2.05, 4.69) is 25.8 Å². The molecule has 24 heavy (non-hydrogen) atoms. The fraction of sp³-hybridized carbons (Fsp3) is 0.125. The van der Waals surface area contributed by atoms with Crippen molar-refractivity contribution in [2.75, 3.05) is 10.6 Å². The second kappa shape index (κ2) is 6.37. The highest BCUT2D eigenvalue weighted by atomic mass is 16.2. The molecule has 0 aliphatic carbocycles. The van der Waals surface area contributed by atoms with E-state index in [0.717, 1.165) is 5.56 Å². The van der Waals surface area contributed by atoms with Gasteiger partial charge in [0.15, 0.2) is 5.82 Å². The number of amides is 2. The van der Waals surface area contributed by atoms with Crippen LogP contribution in [0.4, 0.5) is 11.5 Å². The second-order valence-electron chi connectivity index (χ2n) is 5.27. The minimum Gasteiger partial charge on any atom is -0.357 e. The van der Waals surface area contributed by atoms with E-state index < -0.39 is 0 Å². The largest absolute Gasteiger partial charge is 0.357 e. The normalized spacial score (nSPS) is 10.4. The summed E-state index contributed by atoms with van der Waals surface area (Å²) in [5.41, 5.74) is 2.31. The van der Waals surface area contributed by atoms with E-state index in [0.29, 0.717) is 22.9 Å². The van der Waals surface area contributed by atoms with Crippen LogP contribution in [0.3, 0.4) is 0 Å². The monoisotopic (exact) mass is 324 g/mol. The van der Waals surface area contributed by atoms with Gasteiger partial charge in [0.1, 0.15) is 5.69 Å². The van der Waals surface area contributed by atoms with Crippen LogP contribution in [-0.2, 0) is 11.8 Å². The van der Waals surface area contributed by atoms with Crippen molar-refractivity contribution >= 4 is 23.3 Å². The van der Waals surface area contributed by atoms with Crippen LogP contribution in [0.1, 0.15) is 17.4 Å². The summed E-state index contributed by atoms with van der Waals surface area (Å²) in [6.07, 6.45) is 5.34. The minimum absolute atomic E-state index is 0.267. The van der Waals surface area contributed by atoms with Crippen molar-refractivity contribution in [3.8, 4) is 11.3 Å². The molecule has 0 radical (unpaired) electrons. The Balaban J connectivity index is 1.79. The summed E-state index contributed by atoms with van der Waals surface area (Å²) in [5, 5.41) is 12.1. The molecule has 0 unspecified atom stereocenters. The highest BCUT2D eigenvalue weighted by Crippen LogP contribution is 2.21. The predicted molar refractivity (Wildman–Crippen MR) is 89.5 cm³/mol. The van der Waals surface area contributed by atoms with Crippen molar-refractivity contribution < 1.29 is 9.59 Å². The van der Waals surface area contributed by atoms with Crippen LogP contribution in [0.15, 0.2) is 42.9 Å². The van der Waals surface area contributed by atoms with Gasteiger partial charge in [0, 0.05) is 38.1 Å². The zero-order chi connectivity index (χ0) is 17.1. The Morgan fingerprint density at radius 2 is 2.08 bits per heavy atom. The highest BCUT2D eigenvalue weighted by molar-refractivity contribution is 6.05. The minimum atomic E-state index is -0.371. The molecule has 0 spiro atoms. The van der Waals surface area contributed by atoms with Crippen LogP contribution in [0, 0.1) is 0 Å². The number of nitrogens with zero attached hydrogens (tertiary/aromatic N) is 3. The molecule has 8 nitrogen and oxygen atoms in total. The fourth-order valence-electron chi connectivity index (χ4n) is 2.20. The van der Waals surface area contributed by atoms with Crippen molar-refractivity contribution in [1.82, 2.24) is 19.7 Å². The molecule has 0 aromatic carbocycles. The van der Waals surface area contributed by atoms with Gasteiger partial charge >= 0.3 is 0 Å². The summed E-state index contributed by atoms with van der Waals surface area (Å²) >= 11 is 0. The lowest BCUT2D eigenvalue weighted by Crippen LogP contribution is -2.16. The van der Waals surface area contributed by atoms with Gasteiger partial charge in [0.25, 0.3) is 5.91 Å². The Bertz CT molecular complexity index is 895. The van der Waals surface area contributed by atoms with Gasteiger partial charge in [0.2, 0.25) is 5.91 Å². The number of pyridine rings is 1. The molecule has 0 fully saturated rings. The van der Waals surface area contributed by atoms with E-state index in [1.807, 2.05) is 30.1 Å². The van der Waals surface area contributed by atoms with Crippen LogP contribution in [0.2, 0.25) is 0 Å². The van der Waals surface area contributed by atoms with E-state index in [1.54, 1.807) is 18.2 Å². The first-order chi connectivity index (χ1) is 11.5. The first-order valence-electron chi connectivity index (χ1n) is 7.24. The number of aromatic amines is 1. The van der Waals surface area contributed by atoms with Gasteiger partial charge in [-0.05, 0) is 24.3 Å². The maximum Gasteiger partial charge on any atom is 0.273 e. The van der Waals surface area contributed by atoms with Crippen LogP contribution >= 0.6 is 0 Å². The number of H-pyrrole nitrogens is 1. The number of aromatic nitrogens is 4. The Labute approximate surface area is 137 Å². The van der Waals surface area contributed by atoms with E-state index in [-0.39, 0.29) is 11.8 Å². The molecule has 2 amide bonds. The third-order valence-corrected chi connectivity index (χ3v) is 3.30. The zero-order valence-electron chi connectivity index (χ0n) is 13.2. The summed E-state index contributed by atoms with van der Waals surface area (Å²) in [6, 6.07) is 6.90. The molecular weight excluding hydrogens is 308 g/mol. The maximum atomic E-state index is 12.4. The van der Waals surface area contributed by atoms with E-state index >= 15 is 0 Å². The molecule has 3 aromatic rings. The lowest BCUT2D eigenvalue weighted by molar-refractivity contribution is -0.114. The summed E-state index contributed by atoms with van der Waals surface area (Å²) in [6.45, 7) is 1.38. The number of carbonyl (C=O) groups is 2. The number of aryl methyl sites for hydroxylation is 1. The standard InChI is InChI=1S/C16H16N6O2/c1-10(23)18-15-12(4-3-6-17-15)19-16(24)14-8-13(20-21-14)11-5-7-22(2)9-11/h3-9H,1-2H3,(H,19,24)(H,20,21)(H,17,18,23). The number of anilines is 2. The topological polar surface area (TPSA) is 105 Å². The van der Waals surface area contributed by atoms with Crippen molar-refractivity contribution in [3.63, 3.8) is 0 Å². The number of rotatable bonds is 4. The second-order valence-corrected chi connectivity index (χ2v) is 5.27. The average Bonchev–Trinajstić information content (AvgIpc) is 3.17. The molecule has 3 N–H and O–H groups in total. The van der Waals surface area contributed by atoms with Gasteiger partial charge in [-0.2, -0.15) is 5.10 Å². The van der Waals surface area contributed by atoms with E-state index in [9.17, 15) is 9.59 Å². The number of hydrogen-bond donors (Lipinski definition) is 3. The van der Waals surface area contributed by atoms with E-state index in [4.69, 9.17) is 0 Å². The SMILES string of the molecule is CC(=O)Nc1ncccc1NC(=O)c1cc(-c2ccn(C)c2)n[nH]1. The third-order valence-electron chi connectivity index (χ3n) is 3.30. The smallest absolute Gasteiger partial charge is 0.273 e. The number of hydrogen-bond acceptors (Lipinski definition) is 4. The van der Waals surface area contributed by atoms with Crippen molar-refractivity contribution in [2.45, 2.75) is 6.92 Å². The summed E-state index contributed by atoms with van der Waals surface area (Å²) < 4.78 is 1.90. The lowest BCUT2D eigenvalue weighted by Gasteiger charge is -2.09. The van der Waals surface area contributed by atoms with E-state index in [1.165, 1.54) is 13.1 Å². The first-order valence-corrected chi connectivity index (χ1v) is 7.24. The summed E-state index contributed by atoms with van der Waals surface area (Å²) in [7, 11) is 1.91. The Hall–Kier alpha value is -3.42. The Kier molecular flexibility index (Phi) is 4.11.